The van der Waals surface area contributed by atoms with E-state index in [0.29, 0.717) is 11.4 Å². The Hall–Kier alpha value is -2.55. The number of nitriles is 1. The van der Waals surface area contributed by atoms with Crippen LogP contribution in [0.2, 0.25) is 0 Å². The van der Waals surface area contributed by atoms with Gasteiger partial charge in [-0.2, -0.15) is 5.26 Å². The Balaban J connectivity index is 2.36. The number of carbonyl (C=O) groups is 1. The summed E-state index contributed by atoms with van der Waals surface area (Å²) in [5, 5.41) is 11.9. The van der Waals surface area contributed by atoms with Gasteiger partial charge in [-0.25, -0.2) is 4.79 Å². The molecule has 0 bridgehead atoms. The van der Waals surface area contributed by atoms with Crippen LogP contribution in [0.25, 0.3) is 5.52 Å². The summed E-state index contributed by atoms with van der Waals surface area (Å²) in [4.78, 5) is 15.9. The van der Waals surface area contributed by atoms with Crippen LogP contribution in [0.3, 0.4) is 0 Å². The molecule has 2 aromatic heterocycles. The number of nitrogens with one attached hydrogen (secondary N) is 1. The van der Waals surface area contributed by atoms with Crippen molar-refractivity contribution in [2.75, 3.05) is 5.32 Å². The number of aryl methyl sites for hydroxylation is 1. The molecule has 0 unspecified atom stereocenters. The van der Waals surface area contributed by atoms with Crippen LogP contribution < -0.4 is 5.32 Å². The number of nitrogens with zero attached hydrogens (tertiary/aromatic N) is 3. The van der Waals surface area contributed by atoms with Crippen molar-refractivity contribution in [2.45, 2.75) is 33.3 Å². The van der Waals surface area contributed by atoms with Crippen LogP contribution in [0.4, 0.5) is 10.5 Å². The number of hydrogen-bond acceptors (Lipinski definition) is 4. The molecule has 0 aliphatic carbocycles. The fourth-order valence-corrected chi connectivity index (χ4v) is 1.79. The first-order valence-corrected chi connectivity index (χ1v) is 6.18. The number of ether oxygens (including phenoxy) is 1. The summed E-state index contributed by atoms with van der Waals surface area (Å²) in [6.07, 6.45) is 2.81. The van der Waals surface area contributed by atoms with Crippen molar-refractivity contribution in [3.63, 3.8) is 0 Å². The maximum Gasteiger partial charge on any atom is 0.412 e. The topological polar surface area (TPSA) is 79.4 Å². The van der Waals surface area contributed by atoms with Gasteiger partial charge in [0.25, 0.3) is 0 Å². The highest BCUT2D eigenvalue weighted by Gasteiger charge is 2.19. The molecule has 0 saturated carbocycles. The number of fused-ring (bicyclic) bond motifs is 1. The summed E-state index contributed by atoms with van der Waals surface area (Å²) >= 11 is 0. The van der Waals surface area contributed by atoms with E-state index in [2.05, 4.69) is 16.4 Å². The smallest absolute Gasteiger partial charge is 0.412 e. The molecule has 1 amide bonds. The molecule has 2 heterocycles. The number of rotatable bonds is 1. The zero-order valence-electron chi connectivity index (χ0n) is 11.9. The summed E-state index contributed by atoms with van der Waals surface area (Å²) in [6, 6.07) is 3.77. The lowest BCUT2D eigenvalue weighted by Gasteiger charge is -2.19. The molecule has 0 aromatic carbocycles. The molecule has 104 valence electrons. The lowest BCUT2D eigenvalue weighted by molar-refractivity contribution is 0.0636. The van der Waals surface area contributed by atoms with Crippen LogP contribution in [0.5, 0.6) is 0 Å². The molecule has 6 nitrogen and oxygen atoms in total. The van der Waals surface area contributed by atoms with Crippen molar-refractivity contribution >= 4 is 17.3 Å². The van der Waals surface area contributed by atoms with Gasteiger partial charge >= 0.3 is 6.09 Å². The van der Waals surface area contributed by atoms with Crippen molar-refractivity contribution in [1.29, 1.82) is 5.26 Å². The monoisotopic (exact) mass is 272 g/mol. The summed E-state index contributed by atoms with van der Waals surface area (Å²) in [5.74, 6) is 0. The van der Waals surface area contributed by atoms with Gasteiger partial charge in [-0.1, -0.05) is 0 Å². The minimum Gasteiger partial charge on any atom is -0.444 e. The van der Waals surface area contributed by atoms with Gasteiger partial charge in [0.05, 0.1) is 23.1 Å². The van der Waals surface area contributed by atoms with Crippen LogP contribution in [0, 0.1) is 18.3 Å². The maximum absolute atomic E-state index is 11.8. The molecule has 0 saturated heterocycles. The van der Waals surface area contributed by atoms with Gasteiger partial charge in [-0.3, -0.25) is 10.3 Å². The van der Waals surface area contributed by atoms with E-state index in [-0.39, 0.29) is 0 Å². The fourth-order valence-electron chi connectivity index (χ4n) is 1.79. The highest BCUT2D eigenvalue weighted by Crippen LogP contribution is 2.22. The van der Waals surface area contributed by atoms with E-state index >= 15 is 0 Å². The van der Waals surface area contributed by atoms with E-state index in [1.165, 1.54) is 0 Å². The quantitative estimate of drug-likeness (QED) is 0.865. The third-order valence-corrected chi connectivity index (χ3v) is 2.52. The largest absolute Gasteiger partial charge is 0.444 e. The molecule has 6 heteroatoms. The predicted octanol–water partition coefficient (Wildman–Crippen LogP) is 2.86. The normalized spacial score (nSPS) is 11.2. The average Bonchev–Trinajstić information content (AvgIpc) is 2.62. The Labute approximate surface area is 117 Å². The van der Waals surface area contributed by atoms with Crippen molar-refractivity contribution in [3.8, 4) is 6.07 Å². The van der Waals surface area contributed by atoms with Crippen LogP contribution in [-0.2, 0) is 4.74 Å². The number of anilines is 1. The van der Waals surface area contributed by atoms with Crippen LogP contribution in [0.1, 0.15) is 32.2 Å². The molecule has 1 N–H and O–H groups in total. The van der Waals surface area contributed by atoms with E-state index in [9.17, 15) is 10.1 Å². The van der Waals surface area contributed by atoms with E-state index in [1.54, 1.807) is 43.6 Å². The summed E-state index contributed by atoms with van der Waals surface area (Å²) in [6.45, 7) is 7.17. The Morgan fingerprint density at radius 3 is 2.80 bits per heavy atom. The summed E-state index contributed by atoms with van der Waals surface area (Å²) in [5.41, 5.74) is 1.69. The zero-order valence-corrected chi connectivity index (χ0v) is 11.9. The van der Waals surface area contributed by atoms with Gasteiger partial charge in [0.1, 0.15) is 17.4 Å². The van der Waals surface area contributed by atoms with E-state index in [1.807, 2.05) is 6.92 Å². The van der Waals surface area contributed by atoms with Gasteiger partial charge in [-0.15, -0.1) is 0 Å². The van der Waals surface area contributed by atoms with Gasteiger partial charge in [0.15, 0.2) is 0 Å². The van der Waals surface area contributed by atoms with Crippen molar-refractivity contribution < 1.29 is 9.53 Å². The Morgan fingerprint density at radius 1 is 1.50 bits per heavy atom. The molecule has 2 rings (SSSR count). The van der Waals surface area contributed by atoms with Crippen LogP contribution in [-0.4, -0.2) is 21.1 Å². The molecule has 20 heavy (non-hydrogen) atoms. The standard InChI is InChI=1S/C14H16N4O2/c1-9-8-18-10(7-16-9)5-11(12(18)6-15)17-13(19)20-14(2,3)4/h5,7-8H,1-4H3,(H,17,19). The summed E-state index contributed by atoms with van der Waals surface area (Å²) in [7, 11) is 0. The van der Waals surface area contributed by atoms with E-state index in [0.717, 1.165) is 11.2 Å². The molecular formula is C14H16N4O2. The first-order valence-electron chi connectivity index (χ1n) is 6.18. The highest BCUT2D eigenvalue weighted by molar-refractivity contribution is 5.88. The van der Waals surface area contributed by atoms with E-state index < -0.39 is 11.7 Å². The molecule has 0 fully saturated rings. The van der Waals surface area contributed by atoms with Crippen molar-refractivity contribution in [2.24, 2.45) is 0 Å². The molecule has 0 atom stereocenters. The van der Waals surface area contributed by atoms with Crippen molar-refractivity contribution in [3.05, 3.63) is 29.8 Å². The molecular weight excluding hydrogens is 256 g/mol. The lowest BCUT2D eigenvalue weighted by atomic mass is 10.2. The second-order valence-corrected chi connectivity index (χ2v) is 5.47. The van der Waals surface area contributed by atoms with Crippen LogP contribution >= 0.6 is 0 Å². The summed E-state index contributed by atoms with van der Waals surface area (Å²) < 4.78 is 6.87. The second kappa shape index (κ2) is 4.85. The predicted molar refractivity (Wildman–Crippen MR) is 74.5 cm³/mol. The molecule has 0 spiro atoms. The Bertz CT molecular complexity index is 704. The highest BCUT2D eigenvalue weighted by atomic mass is 16.6. The Morgan fingerprint density at radius 2 is 2.20 bits per heavy atom. The van der Waals surface area contributed by atoms with E-state index in [4.69, 9.17) is 4.74 Å². The zero-order chi connectivity index (χ0) is 14.9. The van der Waals surface area contributed by atoms with Gasteiger partial charge in [0, 0.05) is 6.20 Å². The molecule has 2 aromatic rings. The maximum atomic E-state index is 11.8. The lowest BCUT2D eigenvalue weighted by Crippen LogP contribution is -2.27. The van der Waals surface area contributed by atoms with Gasteiger partial charge in [-0.05, 0) is 33.8 Å². The minimum atomic E-state index is -0.589. The fraction of sp³-hybridized carbons (Fsp3) is 0.357. The number of hydrogen-bond donors (Lipinski definition) is 1. The third-order valence-electron chi connectivity index (χ3n) is 2.52. The first kappa shape index (κ1) is 13.9. The molecule has 0 aliphatic heterocycles. The second-order valence-electron chi connectivity index (χ2n) is 5.47. The average molecular weight is 272 g/mol. The molecule has 0 radical (unpaired) electrons. The minimum absolute atomic E-state index is 0.344. The number of carbonyl (C=O) groups excluding carboxylic acids is 1. The van der Waals surface area contributed by atoms with Gasteiger partial charge in [0.2, 0.25) is 0 Å². The third kappa shape index (κ3) is 2.88. The Kier molecular flexibility index (Phi) is 3.36. The number of amides is 1. The van der Waals surface area contributed by atoms with Gasteiger partial charge < -0.3 is 9.14 Å². The molecule has 0 aliphatic rings. The van der Waals surface area contributed by atoms with Crippen LogP contribution in [0.15, 0.2) is 18.5 Å². The first-order chi connectivity index (χ1) is 9.30. The number of aromatic nitrogens is 2. The SMILES string of the molecule is Cc1cn2c(C#N)c(NC(=O)OC(C)(C)C)cc2cn1. The van der Waals surface area contributed by atoms with Crippen molar-refractivity contribution in [1.82, 2.24) is 9.38 Å².